The van der Waals surface area contributed by atoms with Crippen molar-refractivity contribution in [2.75, 3.05) is 20.7 Å². The quantitative estimate of drug-likeness (QED) is 0.360. The van der Waals surface area contributed by atoms with Crippen LogP contribution in [0.2, 0.25) is 0 Å². The topological polar surface area (TPSA) is 105 Å². The number of amidine groups is 1. The summed E-state index contributed by atoms with van der Waals surface area (Å²) in [5, 5.41) is 11.3. The van der Waals surface area contributed by atoms with E-state index in [0.717, 1.165) is 4.31 Å². The van der Waals surface area contributed by atoms with Crippen LogP contribution in [0.3, 0.4) is 0 Å². The lowest BCUT2D eigenvalue weighted by Gasteiger charge is -2.20. The highest BCUT2D eigenvalue weighted by Crippen LogP contribution is 2.27. The summed E-state index contributed by atoms with van der Waals surface area (Å²) < 4.78 is 31.2. The van der Waals surface area contributed by atoms with Gasteiger partial charge in [0.25, 0.3) is 0 Å². The van der Waals surface area contributed by atoms with Crippen molar-refractivity contribution in [3.63, 3.8) is 0 Å². The molecule has 3 N–H and O–H groups in total. The summed E-state index contributed by atoms with van der Waals surface area (Å²) >= 11 is 0. The molecule has 0 fully saturated rings. The summed E-state index contributed by atoms with van der Waals surface area (Å²) in [5.41, 5.74) is 6.50. The first-order valence-electron chi connectivity index (χ1n) is 5.82. The molecule has 0 spiro atoms. The van der Waals surface area contributed by atoms with Crippen molar-refractivity contribution < 1.29 is 18.4 Å². The maximum absolute atomic E-state index is 12.5. The molecule has 0 unspecified atom stereocenters. The molecule has 0 amide bonds. The number of likely N-dealkylation sites (N-methyl/N-ethyl adjacent to an activating group) is 1. The van der Waals surface area contributed by atoms with Crippen LogP contribution in [0.15, 0.2) is 22.2 Å². The van der Waals surface area contributed by atoms with Gasteiger partial charge in [-0.25, -0.2) is 8.42 Å². The Balaban J connectivity index is 3.29. The average Bonchev–Trinajstić information content (AvgIpc) is 2.36. The van der Waals surface area contributed by atoms with E-state index in [2.05, 4.69) is 5.16 Å². The number of hydrogen-bond acceptors (Lipinski definition) is 5. The van der Waals surface area contributed by atoms with Crippen LogP contribution in [0, 0.1) is 13.8 Å². The normalized spacial score (nSPS) is 12.8. The van der Waals surface area contributed by atoms with Gasteiger partial charge in [-0.2, -0.15) is 4.31 Å². The third-order valence-electron chi connectivity index (χ3n) is 2.85. The van der Waals surface area contributed by atoms with Gasteiger partial charge in [-0.3, -0.25) is 0 Å². The van der Waals surface area contributed by atoms with Crippen LogP contribution in [0.1, 0.15) is 11.1 Å². The Kier molecular flexibility index (Phi) is 4.96. The molecule has 0 aliphatic carbocycles. The third kappa shape index (κ3) is 3.20. The second-order valence-corrected chi connectivity index (χ2v) is 6.42. The highest BCUT2D eigenvalue weighted by Gasteiger charge is 2.26. The number of hydrogen-bond donors (Lipinski definition) is 2. The van der Waals surface area contributed by atoms with Crippen LogP contribution in [0.4, 0.5) is 0 Å². The number of rotatable bonds is 5. The zero-order valence-electron chi connectivity index (χ0n) is 11.9. The van der Waals surface area contributed by atoms with E-state index < -0.39 is 10.0 Å². The highest BCUT2D eigenvalue weighted by molar-refractivity contribution is 7.89. The molecule has 0 aromatic heterocycles. The largest absolute Gasteiger partial charge is 0.497 e. The van der Waals surface area contributed by atoms with Gasteiger partial charge < -0.3 is 15.7 Å². The van der Waals surface area contributed by atoms with Crippen molar-refractivity contribution >= 4 is 15.9 Å². The minimum absolute atomic E-state index is 0.181. The maximum atomic E-state index is 12.5. The SMILES string of the molecule is COc1cc(C)c(S(=O)(=O)N(C)C/C(N)=N/O)c(C)c1. The average molecular weight is 301 g/mol. The van der Waals surface area contributed by atoms with E-state index in [-0.39, 0.29) is 17.3 Å². The van der Waals surface area contributed by atoms with Gasteiger partial charge in [0.05, 0.1) is 18.6 Å². The Morgan fingerprint density at radius 2 is 1.90 bits per heavy atom. The fourth-order valence-corrected chi connectivity index (χ4v) is 3.48. The van der Waals surface area contributed by atoms with E-state index in [1.807, 2.05) is 0 Å². The molecule has 0 aliphatic heterocycles. The number of nitrogens with zero attached hydrogens (tertiary/aromatic N) is 2. The molecule has 1 aromatic rings. The number of oxime groups is 1. The molecule has 0 radical (unpaired) electrons. The molecule has 0 atom stereocenters. The summed E-state index contributed by atoms with van der Waals surface area (Å²) in [6.07, 6.45) is 0. The first kappa shape index (κ1) is 16.3. The molecule has 0 heterocycles. The predicted octanol–water partition coefficient (Wildman–Crippen LogP) is 0.679. The summed E-state index contributed by atoms with van der Waals surface area (Å²) in [7, 11) is -0.832. The van der Waals surface area contributed by atoms with E-state index in [0.29, 0.717) is 16.9 Å². The van der Waals surface area contributed by atoms with Crippen molar-refractivity contribution in [1.82, 2.24) is 4.31 Å². The fraction of sp³-hybridized carbons (Fsp3) is 0.417. The van der Waals surface area contributed by atoms with Gasteiger partial charge in [-0.1, -0.05) is 5.16 Å². The molecule has 1 rings (SSSR count). The minimum Gasteiger partial charge on any atom is -0.497 e. The first-order chi connectivity index (χ1) is 9.23. The van der Waals surface area contributed by atoms with Crippen LogP contribution in [-0.4, -0.2) is 44.5 Å². The molecule has 8 heteroatoms. The van der Waals surface area contributed by atoms with Gasteiger partial charge in [0.15, 0.2) is 5.84 Å². The van der Waals surface area contributed by atoms with Gasteiger partial charge in [0.1, 0.15) is 5.75 Å². The number of ether oxygens (including phenoxy) is 1. The van der Waals surface area contributed by atoms with E-state index in [1.165, 1.54) is 14.2 Å². The molecular weight excluding hydrogens is 282 g/mol. The number of nitrogens with two attached hydrogens (primary N) is 1. The summed E-state index contributed by atoms with van der Waals surface area (Å²) in [4.78, 5) is 0.200. The second-order valence-electron chi connectivity index (χ2n) is 4.44. The Labute approximate surface area is 118 Å². The van der Waals surface area contributed by atoms with Crippen molar-refractivity contribution in [1.29, 1.82) is 0 Å². The number of methoxy groups -OCH3 is 1. The third-order valence-corrected chi connectivity index (χ3v) is 4.96. The zero-order chi connectivity index (χ0) is 15.5. The molecule has 0 saturated heterocycles. The Morgan fingerprint density at radius 1 is 1.40 bits per heavy atom. The van der Waals surface area contributed by atoms with Crippen LogP contribution in [-0.2, 0) is 10.0 Å². The van der Waals surface area contributed by atoms with E-state index in [9.17, 15) is 8.42 Å². The van der Waals surface area contributed by atoms with Gasteiger partial charge in [-0.05, 0) is 37.1 Å². The number of sulfonamides is 1. The molecule has 112 valence electrons. The fourth-order valence-electron chi connectivity index (χ4n) is 1.94. The van der Waals surface area contributed by atoms with Crippen molar-refractivity contribution in [3.8, 4) is 5.75 Å². The molecule has 0 aliphatic rings. The van der Waals surface area contributed by atoms with Crippen LogP contribution >= 0.6 is 0 Å². The van der Waals surface area contributed by atoms with E-state index in [1.54, 1.807) is 26.0 Å². The lowest BCUT2D eigenvalue weighted by Crippen LogP contribution is -2.36. The molecule has 7 nitrogen and oxygen atoms in total. The van der Waals surface area contributed by atoms with E-state index in [4.69, 9.17) is 15.7 Å². The van der Waals surface area contributed by atoms with Gasteiger partial charge in [0.2, 0.25) is 10.0 Å². The van der Waals surface area contributed by atoms with Crippen LogP contribution in [0.5, 0.6) is 5.75 Å². The first-order valence-corrected chi connectivity index (χ1v) is 7.26. The molecular formula is C12H19N3O4S. The van der Waals surface area contributed by atoms with Crippen molar-refractivity contribution in [3.05, 3.63) is 23.3 Å². The Morgan fingerprint density at radius 3 is 2.30 bits per heavy atom. The van der Waals surface area contributed by atoms with Gasteiger partial charge in [0, 0.05) is 7.05 Å². The number of aryl methyl sites for hydroxylation is 2. The minimum atomic E-state index is -3.72. The van der Waals surface area contributed by atoms with Crippen LogP contribution < -0.4 is 10.5 Å². The van der Waals surface area contributed by atoms with Crippen LogP contribution in [0.25, 0.3) is 0 Å². The van der Waals surface area contributed by atoms with Gasteiger partial charge >= 0.3 is 0 Å². The number of benzene rings is 1. The lowest BCUT2D eigenvalue weighted by molar-refractivity contribution is 0.315. The monoisotopic (exact) mass is 301 g/mol. The van der Waals surface area contributed by atoms with Crippen molar-refractivity contribution in [2.45, 2.75) is 18.7 Å². The standard InChI is InChI=1S/C12H19N3O4S/c1-8-5-10(19-4)6-9(2)12(8)20(17,18)15(3)7-11(13)14-16/h5-6,16H,7H2,1-4H3,(H2,13,14). The lowest BCUT2D eigenvalue weighted by atomic mass is 10.1. The molecule has 1 aromatic carbocycles. The van der Waals surface area contributed by atoms with Gasteiger partial charge in [-0.15, -0.1) is 0 Å². The van der Waals surface area contributed by atoms with E-state index >= 15 is 0 Å². The highest BCUT2D eigenvalue weighted by atomic mass is 32.2. The Bertz CT molecular complexity index is 603. The Hall–Kier alpha value is -1.80. The predicted molar refractivity (Wildman–Crippen MR) is 75.7 cm³/mol. The summed E-state index contributed by atoms with van der Waals surface area (Å²) in [6.45, 7) is 3.20. The smallest absolute Gasteiger partial charge is 0.243 e. The molecule has 0 bridgehead atoms. The zero-order valence-corrected chi connectivity index (χ0v) is 12.7. The summed E-state index contributed by atoms with van der Waals surface area (Å²) in [5.74, 6) is 0.415. The van der Waals surface area contributed by atoms with Crippen molar-refractivity contribution in [2.24, 2.45) is 10.9 Å². The molecule has 0 saturated carbocycles. The summed E-state index contributed by atoms with van der Waals surface area (Å²) in [6, 6.07) is 3.30. The molecule has 20 heavy (non-hydrogen) atoms. The second kappa shape index (κ2) is 6.10. The maximum Gasteiger partial charge on any atom is 0.243 e.